The zero-order valence-corrected chi connectivity index (χ0v) is 9.86. The van der Waals surface area contributed by atoms with Crippen LogP contribution in [0.4, 0.5) is 0 Å². The highest BCUT2D eigenvalue weighted by molar-refractivity contribution is 5.21. The van der Waals surface area contributed by atoms with Gasteiger partial charge in [-0.15, -0.1) is 0 Å². The van der Waals surface area contributed by atoms with Crippen LogP contribution in [0.25, 0.3) is 0 Å². The van der Waals surface area contributed by atoms with Crippen LogP contribution in [-0.4, -0.2) is 16.1 Å². The van der Waals surface area contributed by atoms with Crippen LogP contribution in [-0.2, 0) is 13.0 Å². The Kier molecular flexibility index (Phi) is 2.72. The number of imidazole rings is 1. The smallest absolute Gasteiger partial charge is 0.0951 e. The van der Waals surface area contributed by atoms with Gasteiger partial charge in [-0.1, -0.05) is 0 Å². The maximum absolute atomic E-state index is 5.68. The van der Waals surface area contributed by atoms with E-state index in [1.54, 1.807) is 0 Å². The van der Waals surface area contributed by atoms with E-state index in [2.05, 4.69) is 15.9 Å². The molecule has 3 rings (SSSR count). The Hall–Kier alpha value is -0.830. The number of fused-ring (bicyclic) bond motifs is 1. The molecule has 2 aliphatic rings. The van der Waals surface area contributed by atoms with Gasteiger partial charge in [-0.25, -0.2) is 4.98 Å². The van der Waals surface area contributed by atoms with Crippen LogP contribution >= 0.6 is 0 Å². The average molecular weight is 219 g/mol. The van der Waals surface area contributed by atoms with E-state index in [4.69, 9.17) is 5.73 Å². The average Bonchev–Trinajstić information content (AvgIpc) is 3.01. The number of nitrogens with zero attached hydrogens (tertiary/aromatic N) is 2. The Bertz CT molecular complexity index is 365. The molecule has 3 nitrogen and oxygen atoms in total. The van der Waals surface area contributed by atoms with Gasteiger partial charge in [0.1, 0.15) is 0 Å². The summed E-state index contributed by atoms with van der Waals surface area (Å²) < 4.78 is 2.41. The van der Waals surface area contributed by atoms with Crippen LogP contribution in [0.5, 0.6) is 0 Å². The summed E-state index contributed by atoms with van der Waals surface area (Å²) in [6.45, 7) is 2.00. The highest BCUT2D eigenvalue weighted by Crippen LogP contribution is 2.35. The van der Waals surface area contributed by atoms with Crippen molar-refractivity contribution in [3.63, 3.8) is 0 Å². The highest BCUT2D eigenvalue weighted by Gasteiger charge is 2.27. The molecular weight excluding hydrogens is 198 g/mol. The van der Waals surface area contributed by atoms with Crippen LogP contribution in [0.1, 0.15) is 49.4 Å². The molecule has 0 bridgehead atoms. The summed E-state index contributed by atoms with van der Waals surface area (Å²) in [5.41, 5.74) is 8.55. The number of hydrogen-bond donors (Lipinski definition) is 1. The molecule has 1 saturated carbocycles. The minimum atomic E-state index is 0.634. The van der Waals surface area contributed by atoms with Gasteiger partial charge in [0, 0.05) is 18.2 Å². The zero-order valence-electron chi connectivity index (χ0n) is 9.86. The molecule has 2 aliphatic carbocycles. The molecule has 2 N–H and O–H groups in total. The van der Waals surface area contributed by atoms with E-state index < -0.39 is 0 Å². The van der Waals surface area contributed by atoms with E-state index in [9.17, 15) is 0 Å². The van der Waals surface area contributed by atoms with Crippen molar-refractivity contribution < 1.29 is 0 Å². The van der Waals surface area contributed by atoms with Crippen molar-refractivity contribution in [3.05, 3.63) is 17.7 Å². The van der Waals surface area contributed by atoms with Gasteiger partial charge in [-0.3, -0.25) is 0 Å². The number of rotatable bonds is 4. The Morgan fingerprint density at radius 1 is 1.38 bits per heavy atom. The predicted molar refractivity (Wildman–Crippen MR) is 64.3 cm³/mol. The van der Waals surface area contributed by atoms with Crippen molar-refractivity contribution in [2.75, 3.05) is 6.54 Å². The second-order valence-corrected chi connectivity index (χ2v) is 5.34. The summed E-state index contributed by atoms with van der Waals surface area (Å²) in [5, 5.41) is 0. The third-order valence-corrected chi connectivity index (χ3v) is 4.00. The topological polar surface area (TPSA) is 43.8 Å². The van der Waals surface area contributed by atoms with E-state index in [0.29, 0.717) is 5.92 Å². The van der Waals surface area contributed by atoms with Gasteiger partial charge in [0.05, 0.1) is 12.0 Å². The van der Waals surface area contributed by atoms with Gasteiger partial charge >= 0.3 is 0 Å². The molecule has 1 aromatic rings. The van der Waals surface area contributed by atoms with Crippen LogP contribution in [0, 0.1) is 5.92 Å². The van der Waals surface area contributed by atoms with Gasteiger partial charge < -0.3 is 10.3 Å². The molecule has 16 heavy (non-hydrogen) atoms. The molecule has 1 unspecified atom stereocenters. The third kappa shape index (κ3) is 1.88. The largest absolute Gasteiger partial charge is 0.334 e. The summed E-state index contributed by atoms with van der Waals surface area (Å²) in [6, 6.07) is 0. The first-order valence-corrected chi connectivity index (χ1v) is 6.62. The number of hydrogen-bond acceptors (Lipinski definition) is 2. The van der Waals surface area contributed by atoms with Crippen molar-refractivity contribution in [3.8, 4) is 0 Å². The summed E-state index contributed by atoms with van der Waals surface area (Å²) in [4.78, 5) is 4.64. The Morgan fingerprint density at radius 2 is 2.25 bits per heavy atom. The molecule has 1 heterocycles. The predicted octanol–water partition coefficient (Wildman–Crippen LogP) is 2.06. The van der Waals surface area contributed by atoms with E-state index in [1.165, 1.54) is 50.0 Å². The first-order chi connectivity index (χ1) is 7.88. The molecule has 1 aromatic heterocycles. The molecule has 1 fully saturated rings. The second kappa shape index (κ2) is 4.21. The van der Waals surface area contributed by atoms with Crippen LogP contribution in [0.3, 0.4) is 0 Å². The summed E-state index contributed by atoms with van der Waals surface area (Å²) in [5.74, 6) is 1.57. The summed E-state index contributed by atoms with van der Waals surface area (Å²) in [6.07, 6.45) is 9.82. The molecule has 0 saturated heterocycles. The minimum Gasteiger partial charge on any atom is -0.334 e. The molecule has 0 spiro atoms. The molecule has 1 atom stereocenters. The van der Waals surface area contributed by atoms with Gasteiger partial charge in [-0.05, 0) is 51.0 Å². The van der Waals surface area contributed by atoms with Crippen molar-refractivity contribution in [2.45, 2.75) is 51.0 Å². The van der Waals surface area contributed by atoms with Gasteiger partial charge in [0.15, 0.2) is 0 Å². The first kappa shape index (κ1) is 10.3. The number of nitrogens with two attached hydrogens (primary N) is 1. The second-order valence-electron chi connectivity index (χ2n) is 5.34. The van der Waals surface area contributed by atoms with Crippen molar-refractivity contribution in [1.82, 2.24) is 9.55 Å². The third-order valence-electron chi connectivity index (χ3n) is 4.00. The van der Waals surface area contributed by atoms with Crippen molar-refractivity contribution in [2.24, 2.45) is 11.7 Å². The lowest BCUT2D eigenvalue weighted by Crippen LogP contribution is -2.16. The molecule has 0 amide bonds. The Labute approximate surface area is 97.0 Å². The minimum absolute atomic E-state index is 0.634. The fourth-order valence-electron chi connectivity index (χ4n) is 2.91. The van der Waals surface area contributed by atoms with E-state index in [1.807, 2.05) is 0 Å². The SMILES string of the molecule is NCCC1CCCc2c1ncn2CC1CC1. The summed E-state index contributed by atoms with van der Waals surface area (Å²) in [7, 11) is 0. The molecule has 0 aromatic carbocycles. The van der Waals surface area contributed by atoms with E-state index in [0.717, 1.165) is 18.9 Å². The fourth-order valence-corrected chi connectivity index (χ4v) is 2.91. The van der Waals surface area contributed by atoms with Crippen LogP contribution in [0.2, 0.25) is 0 Å². The van der Waals surface area contributed by atoms with Crippen molar-refractivity contribution in [1.29, 1.82) is 0 Å². The van der Waals surface area contributed by atoms with Crippen LogP contribution < -0.4 is 5.73 Å². The van der Waals surface area contributed by atoms with Gasteiger partial charge in [0.2, 0.25) is 0 Å². The van der Waals surface area contributed by atoms with Crippen molar-refractivity contribution >= 4 is 0 Å². The number of aromatic nitrogens is 2. The van der Waals surface area contributed by atoms with Crippen LogP contribution in [0.15, 0.2) is 6.33 Å². The van der Waals surface area contributed by atoms with E-state index >= 15 is 0 Å². The lowest BCUT2D eigenvalue weighted by Gasteiger charge is -2.22. The standard InChI is InChI=1S/C13H21N3/c14-7-6-11-2-1-3-12-13(11)15-9-16(12)8-10-4-5-10/h9-11H,1-8,14H2. The lowest BCUT2D eigenvalue weighted by molar-refractivity contribution is 0.494. The molecule has 0 aliphatic heterocycles. The van der Waals surface area contributed by atoms with E-state index in [-0.39, 0.29) is 0 Å². The molecule has 0 radical (unpaired) electrons. The maximum Gasteiger partial charge on any atom is 0.0951 e. The molecule has 3 heteroatoms. The first-order valence-electron chi connectivity index (χ1n) is 6.62. The zero-order chi connectivity index (χ0) is 11.0. The normalized spacial score (nSPS) is 24.4. The quantitative estimate of drug-likeness (QED) is 0.842. The Morgan fingerprint density at radius 3 is 3.00 bits per heavy atom. The monoisotopic (exact) mass is 219 g/mol. The Balaban J connectivity index is 1.82. The lowest BCUT2D eigenvalue weighted by atomic mass is 9.87. The maximum atomic E-state index is 5.68. The summed E-state index contributed by atoms with van der Waals surface area (Å²) >= 11 is 0. The fraction of sp³-hybridized carbons (Fsp3) is 0.769. The highest BCUT2D eigenvalue weighted by atomic mass is 15.1. The molecular formula is C13H21N3. The molecule has 88 valence electrons. The van der Waals surface area contributed by atoms with Gasteiger partial charge in [0.25, 0.3) is 0 Å². The van der Waals surface area contributed by atoms with Gasteiger partial charge in [-0.2, -0.15) is 0 Å².